The van der Waals surface area contributed by atoms with Crippen molar-refractivity contribution in [1.82, 2.24) is 4.98 Å². The Morgan fingerprint density at radius 3 is 2.95 bits per heavy atom. The molecule has 0 spiro atoms. The van der Waals surface area contributed by atoms with Crippen molar-refractivity contribution < 1.29 is 4.79 Å². The van der Waals surface area contributed by atoms with Crippen molar-refractivity contribution in [3.05, 3.63) is 51.7 Å². The van der Waals surface area contributed by atoms with Crippen LogP contribution in [0, 0.1) is 0 Å². The van der Waals surface area contributed by atoms with Crippen molar-refractivity contribution in [1.29, 1.82) is 0 Å². The molecule has 2 heterocycles. The molecule has 0 aliphatic carbocycles. The van der Waals surface area contributed by atoms with Gasteiger partial charge in [0.15, 0.2) is 5.15 Å². The highest BCUT2D eigenvalue weighted by molar-refractivity contribution is 9.10. The first-order valence-corrected chi connectivity index (χ1v) is 6.80. The number of nitrogens with zero attached hydrogens (tertiary/aromatic N) is 1. The van der Waals surface area contributed by atoms with Crippen molar-refractivity contribution >= 4 is 44.8 Å². The van der Waals surface area contributed by atoms with Crippen LogP contribution in [0.3, 0.4) is 0 Å². The number of aromatic nitrogens is 1. The molecule has 1 unspecified atom stereocenters. The summed E-state index contributed by atoms with van der Waals surface area (Å²) in [7, 11) is 0. The number of carbonyl (C=O) groups is 1. The van der Waals surface area contributed by atoms with Crippen LogP contribution in [-0.2, 0) is 4.79 Å². The number of fused-ring (bicyclic) bond motifs is 1. The van der Waals surface area contributed by atoms with Gasteiger partial charge in [0.25, 0.3) is 5.91 Å². The minimum Gasteiger partial charge on any atom is -0.367 e. The fourth-order valence-electron chi connectivity index (χ4n) is 2.06. The molecule has 1 amide bonds. The SMILES string of the molecule is O=C1Nc2cccc(Br)c2C1Nc1cccnc1Cl. The lowest BCUT2D eigenvalue weighted by molar-refractivity contribution is -0.116. The molecule has 0 bridgehead atoms. The Labute approximate surface area is 123 Å². The van der Waals surface area contributed by atoms with E-state index < -0.39 is 6.04 Å². The largest absolute Gasteiger partial charge is 0.367 e. The molecule has 19 heavy (non-hydrogen) atoms. The normalized spacial score (nSPS) is 16.9. The molecule has 1 atom stereocenters. The lowest BCUT2D eigenvalue weighted by Gasteiger charge is -2.14. The number of carbonyl (C=O) groups excluding carboxylic acids is 1. The van der Waals surface area contributed by atoms with Crippen molar-refractivity contribution in [3.8, 4) is 0 Å². The summed E-state index contributed by atoms with van der Waals surface area (Å²) >= 11 is 9.47. The van der Waals surface area contributed by atoms with E-state index in [0.717, 1.165) is 15.7 Å². The highest BCUT2D eigenvalue weighted by atomic mass is 79.9. The Bertz CT molecular complexity index is 662. The van der Waals surface area contributed by atoms with Crippen molar-refractivity contribution in [2.24, 2.45) is 0 Å². The third-order valence-electron chi connectivity index (χ3n) is 2.92. The molecule has 0 saturated heterocycles. The lowest BCUT2D eigenvalue weighted by atomic mass is 10.1. The fraction of sp³-hybridized carbons (Fsp3) is 0.0769. The molecular weight excluding hydrogens is 330 g/mol. The molecule has 4 nitrogen and oxygen atoms in total. The van der Waals surface area contributed by atoms with E-state index in [9.17, 15) is 4.79 Å². The number of nitrogens with one attached hydrogen (secondary N) is 2. The number of hydrogen-bond donors (Lipinski definition) is 2. The van der Waals surface area contributed by atoms with Gasteiger partial charge < -0.3 is 10.6 Å². The van der Waals surface area contributed by atoms with Crippen LogP contribution in [-0.4, -0.2) is 10.9 Å². The van der Waals surface area contributed by atoms with Crippen LogP contribution in [0.5, 0.6) is 0 Å². The molecule has 1 aromatic carbocycles. The first kappa shape index (κ1) is 12.4. The Hall–Kier alpha value is -1.59. The minimum absolute atomic E-state index is 0.109. The highest BCUT2D eigenvalue weighted by Crippen LogP contribution is 2.38. The Morgan fingerprint density at radius 1 is 1.32 bits per heavy atom. The summed E-state index contributed by atoms with van der Waals surface area (Å²) in [5.41, 5.74) is 2.32. The van der Waals surface area contributed by atoms with E-state index >= 15 is 0 Å². The van der Waals surface area contributed by atoms with Gasteiger partial charge in [0.1, 0.15) is 6.04 Å². The molecule has 0 fully saturated rings. The quantitative estimate of drug-likeness (QED) is 0.823. The van der Waals surface area contributed by atoms with E-state index in [4.69, 9.17) is 11.6 Å². The second kappa shape index (κ2) is 4.83. The van der Waals surface area contributed by atoms with Crippen LogP contribution in [0.1, 0.15) is 11.6 Å². The summed E-state index contributed by atoms with van der Waals surface area (Å²) in [5, 5.41) is 6.30. The van der Waals surface area contributed by atoms with E-state index in [2.05, 4.69) is 31.5 Å². The van der Waals surface area contributed by atoms with E-state index in [1.165, 1.54) is 0 Å². The topological polar surface area (TPSA) is 54.0 Å². The lowest BCUT2D eigenvalue weighted by Crippen LogP contribution is -2.20. The molecule has 2 aromatic rings. The predicted octanol–water partition coefficient (Wildman–Crippen LogP) is 3.60. The van der Waals surface area contributed by atoms with E-state index in [0.29, 0.717) is 10.8 Å². The second-order valence-electron chi connectivity index (χ2n) is 4.11. The summed E-state index contributed by atoms with van der Waals surface area (Å²) in [4.78, 5) is 16.0. The first-order chi connectivity index (χ1) is 9.16. The molecule has 1 aliphatic rings. The van der Waals surface area contributed by atoms with Crippen molar-refractivity contribution in [2.45, 2.75) is 6.04 Å². The minimum atomic E-state index is -0.479. The van der Waals surface area contributed by atoms with Gasteiger partial charge in [-0.25, -0.2) is 4.98 Å². The first-order valence-electron chi connectivity index (χ1n) is 5.63. The predicted molar refractivity (Wildman–Crippen MR) is 78.4 cm³/mol. The highest BCUT2D eigenvalue weighted by Gasteiger charge is 2.32. The van der Waals surface area contributed by atoms with Gasteiger partial charge in [0, 0.05) is 21.9 Å². The molecule has 0 radical (unpaired) electrons. The summed E-state index contributed by atoms with van der Waals surface area (Å²) in [5.74, 6) is -0.109. The second-order valence-corrected chi connectivity index (χ2v) is 5.32. The third kappa shape index (κ3) is 2.19. The molecule has 1 aliphatic heterocycles. The molecule has 96 valence electrons. The number of pyridine rings is 1. The molecule has 0 saturated carbocycles. The average Bonchev–Trinajstić information content (AvgIpc) is 2.70. The van der Waals surface area contributed by atoms with Gasteiger partial charge in [-0.2, -0.15) is 0 Å². The summed E-state index contributed by atoms with van der Waals surface area (Å²) < 4.78 is 0.876. The zero-order chi connectivity index (χ0) is 13.4. The van der Waals surface area contributed by atoms with Gasteiger partial charge in [-0.1, -0.05) is 33.6 Å². The number of anilines is 2. The summed E-state index contributed by atoms with van der Waals surface area (Å²) in [6.07, 6.45) is 1.60. The zero-order valence-electron chi connectivity index (χ0n) is 9.65. The van der Waals surface area contributed by atoms with E-state index in [1.807, 2.05) is 18.2 Å². The Balaban J connectivity index is 1.99. The third-order valence-corrected chi connectivity index (χ3v) is 3.91. The van der Waals surface area contributed by atoms with Crippen LogP contribution < -0.4 is 10.6 Å². The number of amides is 1. The monoisotopic (exact) mass is 337 g/mol. The maximum atomic E-state index is 12.0. The van der Waals surface area contributed by atoms with Crippen LogP contribution >= 0.6 is 27.5 Å². The molecule has 3 rings (SSSR count). The molecular formula is C13H9BrClN3O. The average molecular weight is 339 g/mol. The van der Waals surface area contributed by atoms with Gasteiger partial charge in [-0.15, -0.1) is 0 Å². The fourth-order valence-corrected chi connectivity index (χ4v) is 2.83. The summed E-state index contributed by atoms with van der Waals surface area (Å²) in [6, 6.07) is 8.72. The number of benzene rings is 1. The van der Waals surface area contributed by atoms with Gasteiger partial charge in [0.2, 0.25) is 0 Å². The van der Waals surface area contributed by atoms with Crippen molar-refractivity contribution in [2.75, 3.05) is 10.6 Å². The van der Waals surface area contributed by atoms with Gasteiger partial charge in [-0.05, 0) is 24.3 Å². The van der Waals surface area contributed by atoms with Crippen LogP contribution in [0.2, 0.25) is 5.15 Å². The van der Waals surface area contributed by atoms with Crippen LogP contribution in [0.25, 0.3) is 0 Å². The number of rotatable bonds is 2. The van der Waals surface area contributed by atoms with Crippen molar-refractivity contribution in [3.63, 3.8) is 0 Å². The number of halogens is 2. The van der Waals surface area contributed by atoms with Crippen LogP contribution in [0.4, 0.5) is 11.4 Å². The molecule has 1 aromatic heterocycles. The Kier molecular flexibility index (Phi) is 3.16. The van der Waals surface area contributed by atoms with E-state index in [1.54, 1.807) is 18.3 Å². The smallest absolute Gasteiger partial charge is 0.251 e. The zero-order valence-corrected chi connectivity index (χ0v) is 12.0. The van der Waals surface area contributed by atoms with Gasteiger partial charge >= 0.3 is 0 Å². The molecule has 6 heteroatoms. The Morgan fingerprint density at radius 2 is 2.16 bits per heavy atom. The maximum absolute atomic E-state index is 12.0. The molecule has 2 N–H and O–H groups in total. The van der Waals surface area contributed by atoms with E-state index in [-0.39, 0.29) is 5.91 Å². The van der Waals surface area contributed by atoms with Crippen LogP contribution in [0.15, 0.2) is 41.0 Å². The summed E-state index contributed by atoms with van der Waals surface area (Å²) in [6.45, 7) is 0. The van der Waals surface area contributed by atoms with Gasteiger partial charge in [0.05, 0.1) is 5.69 Å². The number of hydrogen-bond acceptors (Lipinski definition) is 3. The standard InChI is InChI=1S/C13H9BrClN3O/c14-7-3-1-4-8-10(7)11(13(19)18-8)17-9-5-2-6-16-12(9)15/h1-6,11,17H,(H,18,19). The van der Waals surface area contributed by atoms with Gasteiger partial charge in [-0.3, -0.25) is 4.79 Å². The maximum Gasteiger partial charge on any atom is 0.251 e.